The number of hydrogen-bond donors (Lipinski definition) is 1. The summed E-state index contributed by atoms with van der Waals surface area (Å²) in [5.41, 5.74) is 1.69. The van der Waals surface area contributed by atoms with Gasteiger partial charge >= 0.3 is 0 Å². The Morgan fingerprint density at radius 3 is 2.77 bits per heavy atom. The zero-order valence-electron chi connectivity index (χ0n) is 17.7. The number of Topliss-reactive ketones (excluding diaryl/α,β-unsaturated/α-hetero) is 1. The van der Waals surface area contributed by atoms with Crippen LogP contribution in [-0.4, -0.2) is 61.1 Å². The van der Waals surface area contributed by atoms with Gasteiger partial charge in [0.25, 0.3) is 5.91 Å². The Kier molecular flexibility index (Phi) is 4.49. The van der Waals surface area contributed by atoms with Gasteiger partial charge in [-0.1, -0.05) is 25.0 Å². The monoisotopic (exact) mass is 420 g/mol. The molecule has 1 aromatic carbocycles. The van der Waals surface area contributed by atoms with Gasteiger partial charge in [0.15, 0.2) is 5.54 Å². The van der Waals surface area contributed by atoms with Gasteiger partial charge in [-0.3, -0.25) is 19.6 Å². The quantitative estimate of drug-likeness (QED) is 0.794. The third-order valence-corrected chi connectivity index (χ3v) is 7.69. The summed E-state index contributed by atoms with van der Waals surface area (Å²) in [5, 5.41) is 3.53. The fraction of sp³-hybridized carbons (Fsp3) is 0.583. The number of ketones is 1. The molecule has 5 aliphatic rings. The molecule has 0 radical (unpaired) electrons. The Morgan fingerprint density at radius 1 is 1.16 bits per heavy atom. The number of ether oxygens (including phenoxy) is 1. The minimum absolute atomic E-state index is 0.0111. The number of benzene rings is 1. The summed E-state index contributed by atoms with van der Waals surface area (Å²) < 4.78 is 5.41. The van der Waals surface area contributed by atoms with Crippen LogP contribution in [0.3, 0.4) is 0 Å². The molecule has 1 amide bonds. The molecular weight excluding hydrogens is 392 g/mol. The highest BCUT2D eigenvalue weighted by atomic mass is 16.5. The minimum Gasteiger partial charge on any atom is -0.378 e. The molecule has 7 nitrogen and oxygen atoms in total. The van der Waals surface area contributed by atoms with E-state index in [0.717, 1.165) is 35.6 Å². The van der Waals surface area contributed by atoms with Crippen LogP contribution in [0.15, 0.2) is 28.2 Å². The van der Waals surface area contributed by atoms with E-state index in [1.54, 1.807) is 0 Å². The van der Waals surface area contributed by atoms with E-state index in [9.17, 15) is 9.59 Å². The molecule has 2 atom stereocenters. The predicted molar refractivity (Wildman–Crippen MR) is 116 cm³/mol. The number of nitrogens with one attached hydrogen (secondary N) is 1. The molecule has 1 saturated heterocycles. The molecule has 6 rings (SSSR count). The van der Waals surface area contributed by atoms with Crippen LogP contribution in [0.5, 0.6) is 0 Å². The number of amidine groups is 2. The average Bonchev–Trinajstić information content (AvgIpc) is 3.47. The largest absolute Gasteiger partial charge is 0.378 e. The van der Waals surface area contributed by atoms with Crippen molar-refractivity contribution in [1.82, 2.24) is 10.2 Å². The molecule has 3 aliphatic heterocycles. The van der Waals surface area contributed by atoms with Crippen LogP contribution in [-0.2, 0) is 21.5 Å². The molecule has 162 valence electrons. The first-order chi connectivity index (χ1) is 15.2. The smallest absolute Gasteiger partial charge is 0.254 e. The molecule has 2 aliphatic carbocycles. The number of hydrogen-bond acceptors (Lipinski definition) is 6. The number of amides is 1. The van der Waals surface area contributed by atoms with Crippen molar-refractivity contribution in [2.24, 2.45) is 21.8 Å². The summed E-state index contributed by atoms with van der Waals surface area (Å²) in [5.74, 6) is 2.20. The third-order valence-electron chi connectivity index (χ3n) is 7.69. The summed E-state index contributed by atoms with van der Waals surface area (Å²) >= 11 is 0. The summed E-state index contributed by atoms with van der Waals surface area (Å²) in [7, 11) is 0. The van der Waals surface area contributed by atoms with Gasteiger partial charge in [-0.25, -0.2) is 0 Å². The van der Waals surface area contributed by atoms with Gasteiger partial charge in [0.1, 0.15) is 17.5 Å². The van der Waals surface area contributed by atoms with Gasteiger partial charge in [0, 0.05) is 37.5 Å². The van der Waals surface area contributed by atoms with E-state index in [1.165, 1.54) is 12.8 Å². The van der Waals surface area contributed by atoms with Crippen LogP contribution in [0.2, 0.25) is 0 Å². The number of carbonyl (C=O) groups excluding carboxylic acids is 2. The third kappa shape index (κ3) is 2.82. The maximum absolute atomic E-state index is 13.4. The topological polar surface area (TPSA) is 83.4 Å². The van der Waals surface area contributed by atoms with E-state index < -0.39 is 5.54 Å². The molecule has 1 spiro atoms. The normalized spacial score (nSPS) is 30.1. The summed E-state index contributed by atoms with van der Waals surface area (Å²) in [6.07, 6.45) is 5.73. The lowest BCUT2D eigenvalue weighted by Crippen LogP contribution is -2.53. The van der Waals surface area contributed by atoms with Gasteiger partial charge in [-0.15, -0.1) is 0 Å². The number of aliphatic imine (C=N–C) groups is 2. The molecule has 1 saturated carbocycles. The van der Waals surface area contributed by atoms with Crippen molar-refractivity contribution in [2.45, 2.75) is 44.1 Å². The first-order valence-electron chi connectivity index (χ1n) is 11.6. The maximum Gasteiger partial charge on any atom is 0.254 e. The van der Waals surface area contributed by atoms with E-state index in [0.29, 0.717) is 57.2 Å². The number of fused-ring (bicyclic) bond motifs is 1. The second-order valence-corrected chi connectivity index (χ2v) is 9.32. The van der Waals surface area contributed by atoms with E-state index in [1.807, 2.05) is 17.0 Å². The van der Waals surface area contributed by atoms with Crippen LogP contribution in [0.25, 0.3) is 0 Å². The zero-order valence-corrected chi connectivity index (χ0v) is 17.7. The Morgan fingerprint density at radius 2 is 1.97 bits per heavy atom. The Labute approximate surface area is 182 Å². The molecule has 31 heavy (non-hydrogen) atoms. The molecule has 0 bridgehead atoms. The molecule has 3 heterocycles. The highest BCUT2D eigenvalue weighted by molar-refractivity contribution is 6.16. The zero-order chi connectivity index (χ0) is 21.0. The van der Waals surface area contributed by atoms with Gasteiger partial charge in [0.2, 0.25) is 0 Å². The number of morpholine rings is 1. The van der Waals surface area contributed by atoms with Crippen molar-refractivity contribution in [3.8, 4) is 0 Å². The molecule has 1 N–H and O–H groups in total. The second kappa shape index (κ2) is 7.26. The van der Waals surface area contributed by atoms with Crippen LogP contribution >= 0.6 is 0 Å². The van der Waals surface area contributed by atoms with E-state index in [2.05, 4.69) is 11.4 Å². The fourth-order valence-corrected chi connectivity index (χ4v) is 6.14. The van der Waals surface area contributed by atoms with E-state index in [-0.39, 0.29) is 17.6 Å². The lowest BCUT2D eigenvalue weighted by atomic mass is 9.65. The van der Waals surface area contributed by atoms with Crippen LogP contribution in [0.4, 0.5) is 0 Å². The lowest BCUT2D eigenvalue weighted by Gasteiger charge is -2.42. The summed E-state index contributed by atoms with van der Waals surface area (Å²) in [4.78, 5) is 38.7. The van der Waals surface area contributed by atoms with Crippen LogP contribution in [0.1, 0.15) is 53.6 Å². The molecule has 1 aromatic rings. The highest BCUT2D eigenvalue weighted by Crippen LogP contribution is 2.49. The molecule has 2 fully saturated rings. The number of rotatable bonds is 2. The molecular formula is C24H28N4O3. The Hall–Kier alpha value is -2.54. The SMILES string of the molecule is O=C1Cc2c(C(=O)N3CCOCC3)cccc2C23N=C(C4CCCC4)NC2=NCCC13. The first kappa shape index (κ1) is 19.2. The van der Waals surface area contributed by atoms with Crippen molar-refractivity contribution in [3.05, 3.63) is 34.9 Å². The van der Waals surface area contributed by atoms with E-state index in [4.69, 9.17) is 14.7 Å². The summed E-state index contributed by atoms with van der Waals surface area (Å²) in [6.45, 7) is 2.93. The molecule has 2 unspecified atom stereocenters. The van der Waals surface area contributed by atoms with Gasteiger partial charge in [-0.2, -0.15) is 0 Å². The lowest BCUT2D eigenvalue weighted by molar-refractivity contribution is -0.124. The minimum atomic E-state index is -0.776. The maximum atomic E-state index is 13.4. The van der Waals surface area contributed by atoms with Crippen LogP contribution < -0.4 is 5.32 Å². The summed E-state index contributed by atoms with van der Waals surface area (Å²) in [6, 6.07) is 5.88. The van der Waals surface area contributed by atoms with Crippen LogP contribution in [0, 0.1) is 11.8 Å². The Bertz CT molecular complexity index is 1000. The van der Waals surface area contributed by atoms with Crippen molar-refractivity contribution in [1.29, 1.82) is 0 Å². The van der Waals surface area contributed by atoms with Gasteiger partial charge < -0.3 is 15.0 Å². The standard InChI is InChI=1S/C24H28N4O3/c29-20-14-17-16(22(30)28-10-12-31-13-11-28)6-3-7-18(17)24-19(20)8-9-25-23(24)26-21(27-24)15-4-1-2-5-15/h3,6-7,15,19H,1-2,4-5,8-14H2,(H,25,26,27). The average molecular weight is 421 g/mol. The van der Waals surface area contributed by atoms with E-state index >= 15 is 0 Å². The number of carbonyl (C=O) groups is 2. The number of nitrogens with zero attached hydrogens (tertiary/aromatic N) is 3. The first-order valence-corrected chi connectivity index (χ1v) is 11.6. The highest BCUT2D eigenvalue weighted by Gasteiger charge is 2.57. The Balaban J connectivity index is 1.49. The van der Waals surface area contributed by atoms with Crippen molar-refractivity contribution in [2.75, 3.05) is 32.8 Å². The van der Waals surface area contributed by atoms with Gasteiger partial charge in [0.05, 0.1) is 19.1 Å². The molecule has 0 aromatic heterocycles. The van der Waals surface area contributed by atoms with Crippen molar-refractivity contribution < 1.29 is 14.3 Å². The van der Waals surface area contributed by atoms with Crippen molar-refractivity contribution in [3.63, 3.8) is 0 Å². The fourth-order valence-electron chi connectivity index (χ4n) is 6.14. The van der Waals surface area contributed by atoms with Gasteiger partial charge in [-0.05, 0) is 36.5 Å². The second-order valence-electron chi connectivity index (χ2n) is 9.32. The predicted octanol–water partition coefficient (Wildman–Crippen LogP) is 2.09. The van der Waals surface area contributed by atoms with Crippen molar-refractivity contribution >= 4 is 23.4 Å². The molecule has 7 heteroatoms.